The molecule has 20 heavy (non-hydrogen) atoms. The first-order valence-corrected chi connectivity index (χ1v) is 7.74. The van der Waals surface area contributed by atoms with E-state index in [1.807, 2.05) is 18.2 Å². The van der Waals surface area contributed by atoms with Crippen molar-refractivity contribution in [2.45, 2.75) is 58.9 Å². The number of pyridine rings is 1. The number of carbonyl (C=O) groups excluding carboxylic acids is 1. The molecule has 0 saturated carbocycles. The van der Waals surface area contributed by atoms with Gasteiger partial charge in [-0.05, 0) is 43.2 Å². The van der Waals surface area contributed by atoms with Crippen LogP contribution in [0.5, 0.6) is 0 Å². The minimum absolute atomic E-state index is 0.219. The van der Waals surface area contributed by atoms with Crippen LogP contribution < -0.4 is 0 Å². The van der Waals surface area contributed by atoms with E-state index in [0.717, 1.165) is 37.9 Å². The second kappa shape index (κ2) is 6.38. The standard InChI is InChI=1S/C17H26N2O/c1-4-17(2,3)15-9-7-13-19(15)16(20)11-10-14-8-5-6-12-18-14/h5-6,8,12,15H,4,7,9-11,13H2,1-3H3. The van der Waals surface area contributed by atoms with E-state index < -0.39 is 0 Å². The first kappa shape index (κ1) is 15.0. The maximum Gasteiger partial charge on any atom is 0.223 e. The van der Waals surface area contributed by atoms with Crippen molar-refractivity contribution >= 4 is 5.91 Å². The molecule has 1 saturated heterocycles. The van der Waals surface area contributed by atoms with E-state index in [4.69, 9.17) is 0 Å². The van der Waals surface area contributed by atoms with E-state index in [-0.39, 0.29) is 5.41 Å². The Morgan fingerprint density at radius 2 is 2.25 bits per heavy atom. The van der Waals surface area contributed by atoms with Crippen molar-refractivity contribution in [3.05, 3.63) is 30.1 Å². The van der Waals surface area contributed by atoms with Gasteiger partial charge in [-0.3, -0.25) is 9.78 Å². The van der Waals surface area contributed by atoms with Gasteiger partial charge in [0.05, 0.1) is 0 Å². The number of rotatable bonds is 5. The highest BCUT2D eigenvalue weighted by Gasteiger charge is 2.38. The Balaban J connectivity index is 1.95. The van der Waals surface area contributed by atoms with Crippen molar-refractivity contribution in [2.24, 2.45) is 5.41 Å². The summed E-state index contributed by atoms with van der Waals surface area (Å²) in [5, 5.41) is 0. The Morgan fingerprint density at radius 1 is 1.45 bits per heavy atom. The highest BCUT2D eigenvalue weighted by atomic mass is 16.2. The molecule has 1 aliphatic heterocycles. The van der Waals surface area contributed by atoms with Gasteiger partial charge in [-0.25, -0.2) is 0 Å². The number of nitrogens with zero attached hydrogens (tertiary/aromatic N) is 2. The van der Waals surface area contributed by atoms with E-state index in [1.54, 1.807) is 6.20 Å². The van der Waals surface area contributed by atoms with Crippen LogP contribution in [-0.4, -0.2) is 28.4 Å². The van der Waals surface area contributed by atoms with Crippen LogP contribution in [0.25, 0.3) is 0 Å². The Kier molecular flexibility index (Phi) is 4.79. The zero-order valence-electron chi connectivity index (χ0n) is 12.9. The minimum atomic E-state index is 0.219. The molecule has 1 aromatic heterocycles. The zero-order valence-corrected chi connectivity index (χ0v) is 12.9. The molecular formula is C17H26N2O. The van der Waals surface area contributed by atoms with Crippen LogP contribution in [-0.2, 0) is 11.2 Å². The average molecular weight is 274 g/mol. The molecule has 1 aliphatic rings. The summed E-state index contributed by atoms with van der Waals surface area (Å²) in [5.41, 5.74) is 1.23. The number of amides is 1. The van der Waals surface area contributed by atoms with E-state index in [0.29, 0.717) is 18.4 Å². The molecule has 0 aliphatic carbocycles. The van der Waals surface area contributed by atoms with Gasteiger partial charge in [0.15, 0.2) is 0 Å². The van der Waals surface area contributed by atoms with Crippen molar-refractivity contribution in [3.63, 3.8) is 0 Å². The van der Waals surface area contributed by atoms with Gasteiger partial charge in [-0.1, -0.05) is 26.8 Å². The lowest BCUT2D eigenvalue weighted by atomic mass is 9.80. The van der Waals surface area contributed by atoms with Crippen LogP contribution in [0.1, 0.15) is 52.1 Å². The Hall–Kier alpha value is -1.38. The predicted octanol–water partition coefficient (Wildman–Crippen LogP) is 3.44. The maximum absolute atomic E-state index is 12.5. The number of likely N-dealkylation sites (tertiary alicyclic amines) is 1. The fourth-order valence-corrected chi connectivity index (χ4v) is 3.04. The summed E-state index contributed by atoms with van der Waals surface area (Å²) < 4.78 is 0. The number of carbonyl (C=O) groups is 1. The molecule has 0 aromatic carbocycles. The van der Waals surface area contributed by atoms with Crippen molar-refractivity contribution in [1.82, 2.24) is 9.88 Å². The third kappa shape index (κ3) is 3.38. The molecule has 0 bridgehead atoms. The van der Waals surface area contributed by atoms with Gasteiger partial charge < -0.3 is 4.90 Å². The van der Waals surface area contributed by atoms with Crippen LogP contribution in [0.3, 0.4) is 0 Å². The van der Waals surface area contributed by atoms with Crippen molar-refractivity contribution in [3.8, 4) is 0 Å². The smallest absolute Gasteiger partial charge is 0.223 e. The molecule has 2 heterocycles. The average Bonchev–Trinajstić information content (AvgIpc) is 2.96. The highest BCUT2D eigenvalue weighted by molar-refractivity contribution is 5.77. The third-order valence-corrected chi connectivity index (χ3v) is 4.71. The largest absolute Gasteiger partial charge is 0.339 e. The van der Waals surface area contributed by atoms with E-state index in [2.05, 4.69) is 30.7 Å². The molecule has 1 unspecified atom stereocenters. The maximum atomic E-state index is 12.5. The summed E-state index contributed by atoms with van der Waals surface area (Å²) in [5.74, 6) is 0.291. The number of hydrogen-bond donors (Lipinski definition) is 0. The summed E-state index contributed by atoms with van der Waals surface area (Å²) in [7, 11) is 0. The normalized spacial score (nSPS) is 19.4. The molecular weight excluding hydrogens is 248 g/mol. The molecule has 0 spiro atoms. The molecule has 110 valence electrons. The lowest BCUT2D eigenvalue weighted by Gasteiger charge is -2.37. The topological polar surface area (TPSA) is 33.2 Å². The third-order valence-electron chi connectivity index (χ3n) is 4.71. The molecule has 0 N–H and O–H groups in total. The Morgan fingerprint density at radius 3 is 2.90 bits per heavy atom. The summed E-state index contributed by atoms with van der Waals surface area (Å²) in [4.78, 5) is 18.9. The molecule has 3 heteroatoms. The first-order valence-electron chi connectivity index (χ1n) is 7.74. The molecule has 1 amide bonds. The number of aryl methyl sites for hydroxylation is 1. The van der Waals surface area contributed by atoms with E-state index >= 15 is 0 Å². The Bertz CT molecular complexity index is 442. The Labute approximate surface area is 122 Å². The number of hydrogen-bond acceptors (Lipinski definition) is 2. The van der Waals surface area contributed by atoms with Crippen molar-refractivity contribution in [2.75, 3.05) is 6.54 Å². The fourth-order valence-electron chi connectivity index (χ4n) is 3.04. The van der Waals surface area contributed by atoms with Gasteiger partial charge in [-0.15, -0.1) is 0 Å². The summed E-state index contributed by atoms with van der Waals surface area (Å²) in [6.45, 7) is 7.70. The predicted molar refractivity (Wildman–Crippen MR) is 81.4 cm³/mol. The van der Waals surface area contributed by atoms with Crippen LogP contribution >= 0.6 is 0 Å². The fraction of sp³-hybridized carbons (Fsp3) is 0.647. The lowest BCUT2D eigenvalue weighted by Crippen LogP contribution is -2.44. The lowest BCUT2D eigenvalue weighted by molar-refractivity contribution is -0.134. The van der Waals surface area contributed by atoms with Gasteiger partial charge in [-0.2, -0.15) is 0 Å². The monoisotopic (exact) mass is 274 g/mol. The van der Waals surface area contributed by atoms with Gasteiger partial charge >= 0.3 is 0 Å². The summed E-state index contributed by atoms with van der Waals surface area (Å²) in [6.07, 6.45) is 6.52. The van der Waals surface area contributed by atoms with E-state index in [1.165, 1.54) is 0 Å². The molecule has 1 fully saturated rings. The number of aromatic nitrogens is 1. The van der Waals surface area contributed by atoms with Crippen LogP contribution in [0.2, 0.25) is 0 Å². The summed E-state index contributed by atoms with van der Waals surface area (Å²) in [6, 6.07) is 6.28. The first-order chi connectivity index (χ1) is 9.54. The quantitative estimate of drug-likeness (QED) is 0.824. The second-order valence-corrected chi connectivity index (χ2v) is 6.41. The summed E-state index contributed by atoms with van der Waals surface area (Å²) >= 11 is 0. The van der Waals surface area contributed by atoms with Crippen molar-refractivity contribution < 1.29 is 4.79 Å². The van der Waals surface area contributed by atoms with Gasteiger partial charge in [0.1, 0.15) is 0 Å². The zero-order chi connectivity index (χ0) is 14.6. The van der Waals surface area contributed by atoms with Gasteiger partial charge in [0.25, 0.3) is 0 Å². The van der Waals surface area contributed by atoms with E-state index in [9.17, 15) is 4.79 Å². The van der Waals surface area contributed by atoms with Crippen LogP contribution in [0.4, 0.5) is 0 Å². The second-order valence-electron chi connectivity index (χ2n) is 6.41. The molecule has 1 aromatic rings. The minimum Gasteiger partial charge on any atom is -0.339 e. The highest BCUT2D eigenvalue weighted by Crippen LogP contribution is 2.36. The van der Waals surface area contributed by atoms with Crippen molar-refractivity contribution in [1.29, 1.82) is 0 Å². The SMILES string of the molecule is CCC(C)(C)C1CCCN1C(=O)CCc1ccccn1. The van der Waals surface area contributed by atoms with Crippen LogP contribution in [0, 0.1) is 5.41 Å². The molecule has 1 atom stereocenters. The van der Waals surface area contributed by atoms with Gasteiger partial charge in [0.2, 0.25) is 5.91 Å². The molecule has 3 nitrogen and oxygen atoms in total. The van der Waals surface area contributed by atoms with Crippen LogP contribution in [0.15, 0.2) is 24.4 Å². The molecule has 0 radical (unpaired) electrons. The van der Waals surface area contributed by atoms with Gasteiger partial charge in [0, 0.05) is 30.9 Å². The molecule has 2 rings (SSSR count).